The minimum atomic E-state index is -0.447. The number of rotatable bonds is 5. The van der Waals surface area contributed by atoms with E-state index in [2.05, 4.69) is 5.32 Å². The van der Waals surface area contributed by atoms with Crippen LogP contribution in [-0.2, 0) is 16.1 Å². The number of imide groups is 1. The van der Waals surface area contributed by atoms with E-state index in [0.29, 0.717) is 11.3 Å². The molecule has 33 heavy (non-hydrogen) atoms. The summed E-state index contributed by atoms with van der Waals surface area (Å²) in [6.07, 6.45) is 1.68. The van der Waals surface area contributed by atoms with Crippen molar-refractivity contribution >= 4 is 24.0 Å². The topological polar surface area (TPSA) is 80.6 Å². The lowest BCUT2D eigenvalue weighted by Crippen LogP contribution is -2.30. The number of ether oxygens (including phenoxy) is 1. The zero-order valence-electron chi connectivity index (χ0n) is 19.0. The summed E-state index contributed by atoms with van der Waals surface area (Å²) in [6.45, 7) is 5.99. The SMILES string of the molecule is COC(=O)c1ccccc1-n1c(C)cc(/C=C2/NC(=O)N(Cc3cccc(C)c3)C2=O)c1C. The van der Waals surface area contributed by atoms with Gasteiger partial charge in [-0.3, -0.25) is 9.69 Å². The maximum absolute atomic E-state index is 13.0. The van der Waals surface area contributed by atoms with E-state index in [9.17, 15) is 14.4 Å². The Morgan fingerprint density at radius 2 is 1.79 bits per heavy atom. The molecule has 7 heteroatoms. The number of hydrogen-bond acceptors (Lipinski definition) is 4. The number of carbonyl (C=O) groups is 3. The Bertz CT molecular complexity index is 1300. The second-order valence-electron chi connectivity index (χ2n) is 8.04. The number of benzene rings is 2. The van der Waals surface area contributed by atoms with Crippen LogP contribution in [0.4, 0.5) is 4.79 Å². The molecule has 1 N–H and O–H groups in total. The van der Waals surface area contributed by atoms with E-state index in [1.807, 2.05) is 67.8 Å². The van der Waals surface area contributed by atoms with Gasteiger partial charge in [0.2, 0.25) is 0 Å². The quantitative estimate of drug-likeness (QED) is 0.363. The fraction of sp³-hybridized carbons (Fsp3) is 0.192. The molecule has 2 aromatic carbocycles. The van der Waals surface area contributed by atoms with E-state index >= 15 is 0 Å². The summed E-state index contributed by atoms with van der Waals surface area (Å²) >= 11 is 0. The minimum Gasteiger partial charge on any atom is -0.465 e. The number of aryl methyl sites for hydroxylation is 2. The van der Waals surface area contributed by atoms with Gasteiger partial charge in [-0.25, -0.2) is 9.59 Å². The van der Waals surface area contributed by atoms with Gasteiger partial charge in [0.15, 0.2) is 0 Å². The second kappa shape index (κ2) is 8.78. The number of para-hydroxylation sites is 1. The average Bonchev–Trinajstić information content (AvgIpc) is 3.22. The van der Waals surface area contributed by atoms with Crippen molar-refractivity contribution in [2.24, 2.45) is 0 Å². The number of carbonyl (C=O) groups excluding carboxylic acids is 3. The molecule has 0 spiro atoms. The Morgan fingerprint density at radius 3 is 2.52 bits per heavy atom. The highest BCUT2D eigenvalue weighted by Gasteiger charge is 2.33. The first-order valence-electron chi connectivity index (χ1n) is 10.6. The molecule has 0 radical (unpaired) electrons. The van der Waals surface area contributed by atoms with Crippen LogP contribution in [0, 0.1) is 20.8 Å². The third-order valence-corrected chi connectivity index (χ3v) is 5.71. The summed E-state index contributed by atoms with van der Waals surface area (Å²) in [5, 5.41) is 2.69. The maximum Gasteiger partial charge on any atom is 0.339 e. The van der Waals surface area contributed by atoms with Gasteiger partial charge in [0, 0.05) is 11.4 Å². The molecular weight excluding hydrogens is 418 g/mol. The maximum atomic E-state index is 13.0. The highest BCUT2D eigenvalue weighted by atomic mass is 16.5. The van der Waals surface area contributed by atoms with Gasteiger partial charge in [0.1, 0.15) is 5.70 Å². The first-order chi connectivity index (χ1) is 15.8. The lowest BCUT2D eigenvalue weighted by atomic mass is 10.1. The molecular formula is C26H25N3O4. The number of amides is 3. The molecule has 3 aromatic rings. The van der Waals surface area contributed by atoms with Crippen LogP contribution in [0.15, 0.2) is 60.3 Å². The molecule has 0 aliphatic carbocycles. The van der Waals surface area contributed by atoms with Crippen molar-refractivity contribution in [2.45, 2.75) is 27.3 Å². The standard InChI is InChI=1S/C26H25N3O4/c1-16-8-7-9-19(12-16)15-28-24(30)22(27-26(28)32)14-20-13-17(2)29(18(20)3)23-11-6-5-10-21(23)25(31)33-4/h5-14H,15H2,1-4H3,(H,27,32)/b22-14+. The molecule has 0 bridgehead atoms. The van der Waals surface area contributed by atoms with E-state index in [4.69, 9.17) is 4.74 Å². The van der Waals surface area contributed by atoms with Gasteiger partial charge in [0.25, 0.3) is 5.91 Å². The largest absolute Gasteiger partial charge is 0.465 e. The molecule has 1 aromatic heterocycles. The molecule has 1 aliphatic heterocycles. The van der Waals surface area contributed by atoms with Crippen LogP contribution in [0.2, 0.25) is 0 Å². The third-order valence-electron chi connectivity index (χ3n) is 5.71. The van der Waals surface area contributed by atoms with Gasteiger partial charge in [-0.05, 0) is 56.2 Å². The Hall–Kier alpha value is -4.13. The van der Waals surface area contributed by atoms with Crippen molar-refractivity contribution in [1.82, 2.24) is 14.8 Å². The van der Waals surface area contributed by atoms with E-state index in [1.54, 1.807) is 18.2 Å². The van der Waals surface area contributed by atoms with Crippen LogP contribution < -0.4 is 5.32 Å². The number of esters is 1. The zero-order chi connectivity index (χ0) is 23.7. The normalized spacial score (nSPS) is 14.7. The summed E-state index contributed by atoms with van der Waals surface area (Å²) in [4.78, 5) is 38.9. The zero-order valence-corrected chi connectivity index (χ0v) is 19.0. The predicted molar refractivity (Wildman–Crippen MR) is 125 cm³/mol. The first-order valence-corrected chi connectivity index (χ1v) is 10.6. The highest BCUT2D eigenvalue weighted by molar-refractivity contribution is 6.14. The van der Waals surface area contributed by atoms with E-state index in [1.165, 1.54) is 12.0 Å². The molecule has 7 nitrogen and oxygen atoms in total. The van der Waals surface area contributed by atoms with Gasteiger partial charge < -0.3 is 14.6 Å². The van der Waals surface area contributed by atoms with Crippen LogP contribution in [0.25, 0.3) is 11.8 Å². The summed E-state index contributed by atoms with van der Waals surface area (Å²) in [6, 6.07) is 16.4. The van der Waals surface area contributed by atoms with Crippen molar-refractivity contribution in [1.29, 1.82) is 0 Å². The fourth-order valence-electron chi connectivity index (χ4n) is 4.12. The van der Waals surface area contributed by atoms with Crippen LogP contribution in [-0.4, -0.2) is 34.5 Å². The Labute approximate surface area is 192 Å². The summed E-state index contributed by atoms with van der Waals surface area (Å²) in [5.41, 5.74) is 5.77. The molecule has 168 valence electrons. The van der Waals surface area contributed by atoms with Gasteiger partial charge >= 0.3 is 12.0 Å². The van der Waals surface area contributed by atoms with Crippen LogP contribution in [0.5, 0.6) is 0 Å². The molecule has 3 amide bonds. The Kier molecular flexibility index (Phi) is 5.87. The number of hydrogen-bond donors (Lipinski definition) is 1. The van der Waals surface area contributed by atoms with Gasteiger partial charge in [-0.15, -0.1) is 0 Å². The molecule has 2 heterocycles. The molecule has 1 aliphatic rings. The number of methoxy groups -OCH3 is 1. The molecule has 0 unspecified atom stereocenters. The van der Waals surface area contributed by atoms with Gasteiger partial charge in [-0.2, -0.15) is 0 Å². The fourth-order valence-corrected chi connectivity index (χ4v) is 4.12. The predicted octanol–water partition coefficient (Wildman–Crippen LogP) is 4.28. The van der Waals surface area contributed by atoms with Crippen LogP contribution in [0.1, 0.15) is 38.4 Å². The van der Waals surface area contributed by atoms with Crippen molar-refractivity contribution in [2.75, 3.05) is 7.11 Å². The molecule has 1 saturated heterocycles. The first kappa shape index (κ1) is 22.1. The van der Waals surface area contributed by atoms with E-state index in [-0.39, 0.29) is 18.1 Å². The smallest absolute Gasteiger partial charge is 0.339 e. The van der Waals surface area contributed by atoms with Crippen molar-refractivity contribution in [3.8, 4) is 5.69 Å². The van der Waals surface area contributed by atoms with Gasteiger partial charge in [-0.1, -0.05) is 42.0 Å². The Balaban J connectivity index is 1.67. The number of aromatic nitrogens is 1. The summed E-state index contributed by atoms with van der Waals surface area (Å²) in [7, 11) is 1.35. The number of nitrogens with one attached hydrogen (secondary N) is 1. The van der Waals surface area contributed by atoms with Crippen molar-refractivity contribution in [3.63, 3.8) is 0 Å². The van der Waals surface area contributed by atoms with Crippen molar-refractivity contribution in [3.05, 3.63) is 93.9 Å². The Morgan fingerprint density at radius 1 is 1.03 bits per heavy atom. The molecule has 4 rings (SSSR count). The average molecular weight is 444 g/mol. The monoisotopic (exact) mass is 443 g/mol. The molecule has 1 fully saturated rings. The van der Waals surface area contributed by atoms with Crippen molar-refractivity contribution < 1.29 is 19.1 Å². The molecule has 0 saturated carbocycles. The van der Waals surface area contributed by atoms with Crippen LogP contribution in [0.3, 0.4) is 0 Å². The summed E-state index contributed by atoms with van der Waals surface area (Å²) < 4.78 is 6.86. The highest BCUT2D eigenvalue weighted by Crippen LogP contribution is 2.26. The van der Waals surface area contributed by atoms with E-state index < -0.39 is 12.0 Å². The molecule has 0 atom stereocenters. The van der Waals surface area contributed by atoms with E-state index in [0.717, 1.165) is 28.1 Å². The minimum absolute atomic E-state index is 0.204. The summed E-state index contributed by atoms with van der Waals surface area (Å²) in [5.74, 6) is -0.802. The van der Waals surface area contributed by atoms with Crippen LogP contribution >= 0.6 is 0 Å². The lowest BCUT2D eigenvalue weighted by Gasteiger charge is -2.13. The lowest BCUT2D eigenvalue weighted by molar-refractivity contribution is -0.123. The second-order valence-corrected chi connectivity index (χ2v) is 8.04. The number of urea groups is 1. The third kappa shape index (κ3) is 4.17. The number of nitrogens with zero attached hydrogens (tertiary/aromatic N) is 2. The van der Waals surface area contributed by atoms with Gasteiger partial charge in [0.05, 0.1) is 24.9 Å².